The first-order valence-corrected chi connectivity index (χ1v) is 15.3. The number of ether oxygens (including phenoxy) is 1. The molecular formula is C33H47N3O2. The Bertz CT molecular complexity index is 1170. The van der Waals surface area contributed by atoms with Crippen molar-refractivity contribution in [2.45, 2.75) is 122 Å². The standard InChI is InChI=1S/C33H47N3O2/c1-32(2)22-18-19-33(3,21-22)31(32)34-30(37)26(24-14-9-11-17-29(24)38-4)20-27-25-15-8-10-16-28(25)36(35-27)23-12-6-5-7-13-23/h9,11,14,17,22-23,26,31H,5-8,10,12-13,15-16,18-21H2,1-4H3,(H,34,37). The molecule has 5 nitrogen and oxygen atoms in total. The van der Waals surface area contributed by atoms with Gasteiger partial charge < -0.3 is 10.1 Å². The molecule has 0 radical (unpaired) electrons. The van der Waals surface area contributed by atoms with Gasteiger partial charge in [0.1, 0.15) is 5.75 Å². The fourth-order valence-electron chi connectivity index (χ4n) is 8.89. The van der Waals surface area contributed by atoms with E-state index in [1.165, 1.54) is 75.5 Å². The fourth-order valence-corrected chi connectivity index (χ4v) is 8.89. The smallest absolute Gasteiger partial charge is 0.228 e. The Labute approximate surface area is 229 Å². The molecule has 0 saturated heterocycles. The average molecular weight is 518 g/mol. The predicted molar refractivity (Wildman–Crippen MR) is 152 cm³/mol. The Morgan fingerprint density at radius 1 is 1.08 bits per heavy atom. The first-order chi connectivity index (χ1) is 18.3. The summed E-state index contributed by atoms with van der Waals surface area (Å²) in [5.74, 6) is 1.32. The second-order valence-corrected chi connectivity index (χ2v) is 13.7. The van der Waals surface area contributed by atoms with Gasteiger partial charge in [-0.3, -0.25) is 9.48 Å². The highest BCUT2D eigenvalue weighted by Gasteiger charge is 2.60. The number of rotatable bonds is 7. The van der Waals surface area contributed by atoms with Gasteiger partial charge in [0.15, 0.2) is 0 Å². The monoisotopic (exact) mass is 517 g/mol. The molecule has 2 bridgehead atoms. The number of carbonyl (C=O) groups is 1. The number of benzene rings is 1. The SMILES string of the molecule is COc1ccccc1C(Cc1nn(C2CCCCC2)c2c1CCCC2)C(=O)NC1C2(C)CCC(C2)C1(C)C. The van der Waals surface area contributed by atoms with Crippen LogP contribution >= 0.6 is 0 Å². The highest BCUT2D eigenvalue weighted by molar-refractivity contribution is 5.85. The first-order valence-electron chi connectivity index (χ1n) is 15.3. The Balaban J connectivity index is 1.35. The van der Waals surface area contributed by atoms with Crippen LogP contribution in [0.15, 0.2) is 24.3 Å². The second-order valence-electron chi connectivity index (χ2n) is 13.7. The van der Waals surface area contributed by atoms with Gasteiger partial charge in [-0.25, -0.2) is 0 Å². The Morgan fingerprint density at radius 2 is 1.84 bits per heavy atom. The normalized spacial score (nSPS) is 29.2. The number of hydrogen-bond donors (Lipinski definition) is 1. The Hall–Kier alpha value is -2.30. The van der Waals surface area contributed by atoms with Crippen LogP contribution in [0, 0.1) is 16.7 Å². The van der Waals surface area contributed by atoms with Crippen molar-refractivity contribution in [2.75, 3.05) is 7.11 Å². The van der Waals surface area contributed by atoms with Crippen molar-refractivity contribution in [3.8, 4) is 5.75 Å². The van der Waals surface area contributed by atoms with E-state index in [1.54, 1.807) is 7.11 Å². The zero-order valence-electron chi connectivity index (χ0n) is 24.0. The summed E-state index contributed by atoms with van der Waals surface area (Å²) < 4.78 is 8.20. The van der Waals surface area contributed by atoms with Gasteiger partial charge in [0.05, 0.1) is 24.8 Å². The average Bonchev–Trinajstić information content (AvgIpc) is 3.57. The van der Waals surface area contributed by atoms with E-state index in [1.807, 2.05) is 18.2 Å². The highest BCUT2D eigenvalue weighted by Crippen LogP contribution is 2.62. The van der Waals surface area contributed by atoms with Crippen molar-refractivity contribution in [1.29, 1.82) is 0 Å². The van der Waals surface area contributed by atoms with Gasteiger partial charge in [-0.05, 0) is 86.2 Å². The third kappa shape index (κ3) is 4.38. The summed E-state index contributed by atoms with van der Waals surface area (Å²) in [5, 5.41) is 8.96. The van der Waals surface area contributed by atoms with Crippen LogP contribution in [0.5, 0.6) is 5.75 Å². The second kappa shape index (κ2) is 10.0. The lowest BCUT2D eigenvalue weighted by atomic mass is 9.68. The number of carbonyl (C=O) groups excluding carboxylic acids is 1. The summed E-state index contributed by atoms with van der Waals surface area (Å²) in [4.78, 5) is 14.4. The summed E-state index contributed by atoms with van der Waals surface area (Å²) in [7, 11) is 1.72. The van der Waals surface area contributed by atoms with Crippen LogP contribution in [0.3, 0.4) is 0 Å². The van der Waals surface area contributed by atoms with E-state index in [-0.39, 0.29) is 28.7 Å². The Kier molecular flexibility index (Phi) is 6.85. The molecule has 4 aliphatic rings. The van der Waals surface area contributed by atoms with E-state index in [2.05, 4.69) is 36.8 Å². The molecule has 1 N–H and O–H groups in total. The van der Waals surface area contributed by atoms with Gasteiger partial charge >= 0.3 is 0 Å². The molecule has 6 rings (SSSR count). The number of nitrogens with one attached hydrogen (secondary N) is 1. The molecule has 3 fully saturated rings. The van der Waals surface area contributed by atoms with E-state index >= 15 is 0 Å². The van der Waals surface area contributed by atoms with Gasteiger partial charge in [0, 0.05) is 23.7 Å². The molecule has 206 valence electrons. The topological polar surface area (TPSA) is 56.2 Å². The number of amides is 1. The summed E-state index contributed by atoms with van der Waals surface area (Å²) >= 11 is 0. The van der Waals surface area contributed by atoms with E-state index in [0.717, 1.165) is 29.8 Å². The molecule has 5 heteroatoms. The molecule has 4 aliphatic carbocycles. The molecule has 4 unspecified atom stereocenters. The minimum atomic E-state index is -0.314. The molecule has 1 amide bonds. The molecule has 1 aromatic heterocycles. The summed E-state index contributed by atoms with van der Waals surface area (Å²) in [5.41, 5.74) is 5.33. The van der Waals surface area contributed by atoms with Gasteiger partial charge in [0.25, 0.3) is 0 Å². The molecular weight excluding hydrogens is 470 g/mol. The number of fused-ring (bicyclic) bond motifs is 3. The number of aromatic nitrogens is 2. The van der Waals surface area contributed by atoms with E-state index in [4.69, 9.17) is 9.84 Å². The Morgan fingerprint density at radius 3 is 2.58 bits per heavy atom. The van der Waals surface area contributed by atoms with Crippen molar-refractivity contribution in [3.63, 3.8) is 0 Å². The van der Waals surface area contributed by atoms with Crippen LogP contribution in [-0.2, 0) is 24.1 Å². The van der Waals surface area contributed by atoms with Crippen LogP contribution < -0.4 is 10.1 Å². The number of nitrogens with zero attached hydrogens (tertiary/aromatic N) is 2. The zero-order chi connectivity index (χ0) is 26.5. The molecule has 1 aromatic carbocycles. The number of methoxy groups -OCH3 is 1. The third-order valence-corrected chi connectivity index (χ3v) is 11.0. The van der Waals surface area contributed by atoms with Crippen molar-refractivity contribution in [3.05, 3.63) is 46.8 Å². The lowest BCUT2D eigenvalue weighted by molar-refractivity contribution is -0.125. The van der Waals surface area contributed by atoms with Crippen molar-refractivity contribution in [1.82, 2.24) is 15.1 Å². The molecule has 4 atom stereocenters. The first kappa shape index (κ1) is 26.0. The maximum Gasteiger partial charge on any atom is 0.228 e. The van der Waals surface area contributed by atoms with E-state index in [9.17, 15) is 4.79 Å². The highest BCUT2D eigenvalue weighted by atomic mass is 16.5. The largest absolute Gasteiger partial charge is 0.496 e. The van der Waals surface area contributed by atoms with Gasteiger partial charge in [-0.15, -0.1) is 0 Å². The lowest BCUT2D eigenvalue weighted by Crippen LogP contribution is -2.53. The quantitative estimate of drug-likeness (QED) is 0.433. The molecule has 38 heavy (non-hydrogen) atoms. The minimum absolute atomic E-state index is 0.121. The van der Waals surface area contributed by atoms with Crippen molar-refractivity contribution >= 4 is 5.91 Å². The van der Waals surface area contributed by atoms with E-state index in [0.29, 0.717) is 18.4 Å². The molecule has 1 heterocycles. The number of hydrogen-bond acceptors (Lipinski definition) is 3. The lowest BCUT2D eigenvalue weighted by Gasteiger charge is -2.43. The summed E-state index contributed by atoms with van der Waals surface area (Å²) in [6.07, 6.45) is 15.5. The van der Waals surface area contributed by atoms with Gasteiger partial charge in [-0.1, -0.05) is 58.2 Å². The maximum absolute atomic E-state index is 14.4. The maximum atomic E-state index is 14.4. The van der Waals surface area contributed by atoms with Gasteiger partial charge in [0.2, 0.25) is 5.91 Å². The molecule has 2 aromatic rings. The van der Waals surface area contributed by atoms with Crippen molar-refractivity contribution in [2.24, 2.45) is 16.7 Å². The predicted octanol–water partition coefficient (Wildman–Crippen LogP) is 6.93. The van der Waals surface area contributed by atoms with Gasteiger partial charge in [-0.2, -0.15) is 5.10 Å². The zero-order valence-corrected chi connectivity index (χ0v) is 24.0. The minimum Gasteiger partial charge on any atom is -0.496 e. The molecule has 3 saturated carbocycles. The number of para-hydroxylation sites is 1. The van der Waals surface area contributed by atoms with Crippen LogP contribution in [-0.4, -0.2) is 28.8 Å². The van der Waals surface area contributed by atoms with Crippen LogP contribution in [0.25, 0.3) is 0 Å². The molecule has 0 aliphatic heterocycles. The van der Waals surface area contributed by atoms with Crippen LogP contribution in [0.2, 0.25) is 0 Å². The summed E-state index contributed by atoms with van der Waals surface area (Å²) in [6.45, 7) is 7.13. The molecule has 0 spiro atoms. The van der Waals surface area contributed by atoms with Crippen molar-refractivity contribution < 1.29 is 9.53 Å². The van der Waals surface area contributed by atoms with Crippen LogP contribution in [0.1, 0.15) is 119 Å². The van der Waals surface area contributed by atoms with E-state index < -0.39 is 0 Å². The summed E-state index contributed by atoms with van der Waals surface area (Å²) in [6, 6.07) is 8.84. The third-order valence-electron chi connectivity index (χ3n) is 11.0. The fraction of sp³-hybridized carbons (Fsp3) is 0.697. The van der Waals surface area contributed by atoms with Crippen LogP contribution in [0.4, 0.5) is 0 Å².